The molecular weight excluding hydrogens is 423 g/mol. The molecule has 2 aromatic heterocycles. The Hall–Kier alpha value is -4.20. The molecule has 8 heteroatoms. The molecule has 0 atom stereocenters. The Balaban J connectivity index is 1.71. The highest BCUT2D eigenvalue weighted by atomic mass is 19.1. The summed E-state index contributed by atoms with van der Waals surface area (Å²) in [6.07, 6.45) is 3.61. The zero-order chi connectivity index (χ0) is 23.7. The minimum absolute atomic E-state index is 0.0143. The van der Waals surface area contributed by atoms with Crippen molar-refractivity contribution < 1.29 is 18.7 Å². The number of anilines is 2. The summed E-state index contributed by atoms with van der Waals surface area (Å²) in [4.78, 5) is 30.4. The van der Waals surface area contributed by atoms with Crippen LogP contribution in [0.25, 0.3) is 16.9 Å². The first-order valence-corrected chi connectivity index (χ1v) is 10.3. The lowest BCUT2D eigenvalue weighted by molar-refractivity contribution is -0.114. The minimum Gasteiger partial charge on any atom is -0.494 e. The number of ether oxygens (including phenoxy) is 1. The van der Waals surface area contributed by atoms with Gasteiger partial charge in [-0.2, -0.15) is 0 Å². The summed E-state index contributed by atoms with van der Waals surface area (Å²) in [5.74, 6) is -0.945. The van der Waals surface area contributed by atoms with Gasteiger partial charge >= 0.3 is 0 Å². The molecule has 0 unspecified atom stereocenters. The summed E-state index contributed by atoms with van der Waals surface area (Å²) >= 11 is 0. The molecule has 0 aliphatic heterocycles. The van der Waals surface area contributed by atoms with Crippen LogP contribution in [0.15, 0.2) is 60.9 Å². The molecule has 2 amide bonds. The van der Waals surface area contributed by atoms with Gasteiger partial charge in [0.1, 0.15) is 5.65 Å². The number of fused-ring (bicyclic) bond motifs is 1. The predicted molar refractivity (Wildman–Crippen MR) is 125 cm³/mol. The first kappa shape index (κ1) is 22.0. The molecule has 0 spiro atoms. The summed E-state index contributed by atoms with van der Waals surface area (Å²) in [6, 6.07) is 13.4. The molecule has 0 bridgehead atoms. The molecule has 4 aromatic rings. The van der Waals surface area contributed by atoms with Crippen LogP contribution in [-0.2, 0) is 4.79 Å². The van der Waals surface area contributed by atoms with Crippen LogP contribution in [0.2, 0.25) is 0 Å². The largest absolute Gasteiger partial charge is 0.494 e. The fraction of sp³-hybridized carbons (Fsp3) is 0.160. The van der Waals surface area contributed by atoms with Crippen molar-refractivity contribution in [3.05, 3.63) is 77.9 Å². The third-order valence-corrected chi connectivity index (χ3v) is 5.37. The molecule has 168 valence electrons. The lowest BCUT2D eigenvalue weighted by Crippen LogP contribution is -2.26. The van der Waals surface area contributed by atoms with E-state index in [0.29, 0.717) is 16.9 Å². The fourth-order valence-electron chi connectivity index (χ4n) is 3.67. The van der Waals surface area contributed by atoms with Crippen molar-refractivity contribution in [2.24, 2.45) is 0 Å². The van der Waals surface area contributed by atoms with Crippen molar-refractivity contribution in [2.75, 3.05) is 24.4 Å². The Morgan fingerprint density at radius 2 is 1.85 bits per heavy atom. The van der Waals surface area contributed by atoms with E-state index in [1.54, 1.807) is 13.2 Å². The van der Waals surface area contributed by atoms with Crippen LogP contribution in [-0.4, -0.2) is 35.4 Å². The van der Waals surface area contributed by atoms with Gasteiger partial charge in [-0.1, -0.05) is 12.1 Å². The average Bonchev–Trinajstić information content (AvgIpc) is 3.23. The third kappa shape index (κ3) is 4.27. The number of pyridine rings is 1. The van der Waals surface area contributed by atoms with E-state index in [1.807, 2.05) is 47.9 Å². The topological polar surface area (TPSA) is 75.9 Å². The van der Waals surface area contributed by atoms with Gasteiger partial charge in [0.25, 0.3) is 5.91 Å². The Morgan fingerprint density at radius 1 is 1.12 bits per heavy atom. The molecule has 0 saturated carbocycles. The van der Waals surface area contributed by atoms with Crippen LogP contribution < -0.4 is 15.0 Å². The van der Waals surface area contributed by atoms with E-state index < -0.39 is 5.82 Å². The zero-order valence-corrected chi connectivity index (χ0v) is 18.7. The SMILES string of the molecule is COc1cc(C(=O)N(C)c2cc(C)c3ncc(-c4ccc(NC(C)=O)cc4)n3c2)ccc1F. The second-order valence-electron chi connectivity index (χ2n) is 7.69. The van der Waals surface area contributed by atoms with E-state index in [1.165, 1.54) is 37.1 Å². The van der Waals surface area contributed by atoms with E-state index in [-0.39, 0.29) is 17.6 Å². The molecule has 4 rings (SSSR count). The Labute approximate surface area is 190 Å². The Kier molecular flexibility index (Phi) is 5.83. The molecule has 2 aromatic carbocycles. The number of methoxy groups -OCH3 is 1. The van der Waals surface area contributed by atoms with Gasteiger partial charge in [-0.25, -0.2) is 9.37 Å². The molecule has 0 aliphatic rings. The highest BCUT2D eigenvalue weighted by Gasteiger charge is 2.18. The van der Waals surface area contributed by atoms with Crippen molar-refractivity contribution in [1.29, 1.82) is 0 Å². The van der Waals surface area contributed by atoms with Crippen LogP contribution in [0, 0.1) is 12.7 Å². The highest BCUT2D eigenvalue weighted by Crippen LogP contribution is 2.28. The number of carbonyl (C=O) groups is 2. The molecule has 7 nitrogen and oxygen atoms in total. The van der Waals surface area contributed by atoms with Gasteiger partial charge in [0.15, 0.2) is 11.6 Å². The van der Waals surface area contributed by atoms with Crippen LogP contribution in [0.3, 0.4) is 0 Å². The number of rotatable bonds is 5. The zero-order valence-electron chi connectivity index (χ0n) is 18.7. The smallest absolute Gasteiger partial charge is 0.258 e. The van der Waals surface area contributed by atoms with Gasteiger partial charge in [0, 0.05) is 37.0 Å². The number of imidazole rings is 1. The van der Waals surface area contributed by atoms with Crippen LogP contribution >= 0.6 is 0 Å². The van der Waals surface area contributed by atoms with E-state index in [0.717, 1.165) is 22.5 Å². The maximum atomic E-state index is 13.8. The lowest BCUT2D eigenvalue weighted by atomic mass is 10.1. The van der Waals surface area contributed by atoms with Crippen LogP contribution in [0.5, 0.6) is 5.75 Å². The quantitative estimate of drug-likeness (QED) is 0.483. The van der Waals surface area contributed by atoms with E-state index in [4.69, 9.17) is 4.74 Å². The van der Waals surface area contributed by atoms with Crippen molar-refractivity contribution in [3.8, 4) is 17.0 Å². The number of aromatic nitrogens is 2. The van der Waals surface area contributed by atoms with Crippen molar-refractivity contribution in [3.63, 3.8) is 0 Å². The summed E-state index contributed by atoms with van der Waals surface area (Å²) in [5, 5.41) is 2.75. The number of hydrogen-bond acceptors (Lipinski definition) is 4. The molecule has 0 aliphatic carbocycles. The molecule has 33 heavy (non-hydrogen) atoms. The van der Waals surface area contributed by atoms with E-state index >= 15 is 0 Å². The molecule has 0 fully saturated rings. The summed E-state index contributed by atoms with van der Waals surface area (Å²) in [5.41, 5.74) is 5.08. The molecule has 1 N–H and O–H groups in total. The van der Waals surface area contributed by atoms with Crippen LogP contribution in [0.4, 0.5) is 15.8 Å². The van der Waals surface area contributed by atoms with Gasteiger partial charge in [-0.15, -0.1) is 0 Å². The second-order valence-corrected chi connectivity index (χ2v) is 7.69. The summed E-state index contributed by atoms with van der Waals surface area (Å²) in [6.45, 7) is 3.39. The minimum atomic E-state index is -0.526. The number of nitrogens with zero attached hydrogens (tertiary/aromatic N) is 3. The highest BCUT2D eigenvalue weighted by molar-refractivity contribution is 6.06. The van der Waals surface area contributed by atoms with Crippen LogP contribution in [0.1, 0.15) is 22.8 Å². The molecule has 0 saturated heterocycles. The second kappa shape index (κ2) is 8.74. The van der Waals surface area contributed by atoms with Crippen molar-refractivity contribution >= 4 is 28.8 Å². The number of amides is 2. The Morgan fingerprint density at radius 3 is 2.52 bits per heavy atom. The normalized spacial score (nSPS) is 10.8. The summed E-state index contributed by atoms with van der Waals surface area (Å²) < 4.78 is 20.7. The van der Waals surface area contributed by atoms with Gasteiger partial charge in [0.2, 0.25) is 5.91 Å². The monoisotopic (exact) mass is 446 g/mol. The number of nitrogens with one attached hydrogen (secondary N) is 1. The van der Waals surface area contributed by atoms with Gasteiger partial charge in [0.05, 0.1) is 24.7 Å². The van der Waals surface area contributed by atoms with E-state index in [9.17, 15) is 14.0 Å². The lowest BCUT2D eigenvalue weighted by Gasteiger charge is -2.19. The number of benzene rings is 2. The number of carbonyl (C=O) groups excluding carboxylic acids is 2. The van der Waals surface area contributed by atoms with Crippen molar-refractivity contribution in [2.45, 2.75) is 13.8 Å². The fourth-order valence-corrected chi connectivity index (χ4v) is 3.67. The first-order chi connectivity index (χ1) is 15.8. The number of aryl methyl sites for hydroxylation is 1. The maximum absolute atomic E-state index is 13.8. The van der Waals surface area contributed by atoms with Gasteiger partial charge < -0.3 is 15.0 Å². The van der Waals surface area contributed by atoms with Gasteiger partial charge in [-0.3, -0.25) is 14.0 Å². The standard InChI is InChI=1S/C25H23FN4O3/c1-15-11-20(29(3)25(32)18-7-10-21(26)23(12-18)33-4)14-30-22(13-27-24(15)30)17-5-8-19(9-6-17)28-16(2)31/h5-14H,1-4H3,(H,28,31). The number of halogens is 1. The molecule has 2 heterocycles. The predicted octanol–water partition coefficient (Wildman–Crippen LogP) is 4.69. The first-order valence-electron chi connectivity index (χ1n) is 10.3. The van der Waals surface area contributed by atoms with E-state index in [2.05, 4.69) is 10.3 Å². The van der Waals surface area contributed by atoms with Gasteiger partial charge in [-0.05, 0) is 48.9 Å². The Bertz CT molecular complexity index is 1360. The number of hydrogen-bond donors (Lipinski definition) is 1. The molecular formula is C25H23FN4O3. The average molecular weight is 446 g/mol. The maximum Gasteiger partial charge on any atom is 0.258 e. The third-order valence-electron chi connectivity index (χ3n) is 5.37. The summed E-state index contributed by atoms with van der Waals surface area (Å²) in [7, 11) is 3.02. The van der Waals surface area contributed by atoms with Crippen molar-refractivity contribution in [1.82, 2.24) is 9.38 Å². The molecule has 0 radical (unpaired) electrons.